The fraction of sp³-hybridized carbons (Fsp3) is 0.488. The number of nitrogens with one attached hydrogen (secondary N) is 2. The molecule has 3 aliphatic rings. The summed E-state index contributed by atoms with van der Waals surface area (Å²) in [5, 5.41) is 27.9. The fourth-order valence-corrected chi connectivity index (χ4v) is 10.0. The van der Waals surface area contributed by atoms with Crippen molar-refractivity contribution in [1.82, 2.24) is 28.5 Å². The summed E-state index contributed by atoms with van der Waals surface area (Å²) in [6.07, 6.45) is 6.41. The molecule has 0 amide bonds. The molecule has 3 fully saturated rings. The van der Waals surface area contributed by atoms with Gasteiger partial charge in [0.2, 0.25) is 0 Å². The third-order valence-corrected chi connectivity index (χ3v) is 13.6. The highest BCUT2D eigenvalue weighted by Crippen LogP contribution is 2.55. The standard InChI is InChI=1S/C43H51F3N10O3S/c1-53(16-17-57)60-52-37-8-6-33(44)40(32(37)24-48)59-28-5-7-36-30(19-28)42(58)56(25-50-36)27-22-43(23-27)10-14-55(15-11-43)38-9-4-26(18-35(38)46)29-21-39-31(20-34(29)45)41(51-54(39)2)49-13-3-12-47/h5-8,19-21,25-27,35,38,52,57H,3-4,9-18,22-23,47H2,1-2H3,(H,49,51). The van der Waals surface area contributed by atoms with Gasteiger partial charge in [0.25, 0.3) is 5.56 Å². The number of nitrogens with two attached hydrogens (primary N) is 1. The number of aliphatic hydroxyl groups excluding tert-OH is 1. The molecule has 2 saturated carbocycles. The summed E-state index contributed by atoms with van der Waals surface area (Å²) in [5.74, 6) is -0.708. The molecule has 1 saturated heterocycles. The Bertz CT molecular complexity index is 2460. The molecular weight excluding hydrogens is 794 g/mol. The van der Waals surface area contributed by atoms with E-state index in [9.17, 15) is 15.2 Å². The van der Waals surface area contributed by atoms with Gasteiger partial charge in [-0.05, 0) is 137 Å². The third kappa shape index (κ3) is 8.27. The monoisotopic (exact) mass is 844 g/mol. The molecule has 60 heavy (non-hydrogen) atoms. The van der Waals surface area contributed by atoms with Gasteiger partial charge in [0.1, 0.15) is 29.4 Å². The topological polar surface area (TPSA) is 163 Å². The van der Waals surface area contributed by atoms with Gasteiger partial charge in [-0.25, -0.2) is 22.5 Å². The Balaban J connectivity index is 0.884. The van der Waals surface area contributed by atoms with Crippen molar-refractivity contribution in [3.63, 3.8) is 0 Å². The van der Waals surface area contributed by atoms with Gasteiger partial charge in [-0.2, -0.15) is 10.4 Å². The van der Waals surface area contributed by atoms with E-state index in [0.29, 0.717) is 65.8 Å². The van der Waals surface area contributed by atoms with Crippen molar-refractivity contribution >= 4 is 45.4 Å². The number of aromatic nitrogens is 4. The van der Waals surface area contributed by atoms with Crippen LogP contribution in [-0.2, 0) is 7.05 Å². The van der Waals surface area contributed by atoms with Crippen molar-refractivity contribution in [3.8, 4) is 17.6 Å². The van der Waals surface area contributed by atoms with Crippen molar-refractivity contribution in [1.29, 1.82) is 5.26 Å². The largest absolute Gasteiger partial charge is 0.453 e. The fourth-order valence-electron chi connectivity index (χ4n) is 9.44. The van der Waals surface area contributed by atoms with E-state index >= 15 is 13.2 Å². The first-order valence-electron chi connectivity index (χ1n) is 20.7. The summed E-state index contributed by atoms with van der Waals surface area (Å²) in [6, 6.07) is 12.6. The number of anilines is 2. The van der Waals surface area contributed by atoms with Crippen molar-refractivity contribution in [2.45, 2.75) is 75.5 Å². The number of hydrogen-bond acceptors (Lipinski definition) is 12. The summed E-state index contributed by atoms with van der Waals surface area (Å²) in [4.78, 5) is 20.7. The number of halogens is 3. The predicted molar refractivity (Wildman–Crippen MR) is 228 cm³/mol. The number of rotatable bonds is 14. The molecule has 2 aliphatic carbocycles. The lowest BCUT2D eigenvalue weighted by Gasteiger charge is -2.54. The lowest BCUT2D eigenvalue weighted by molar-refractivity contribution is -0.0383. The zero-order valence-electron chi connectivity index (χ0n) is 33.8. The van der Waals surface area contributed by atoms with Crippen molar-refractivity contribution in [3.05, 3.63) is 81.9 Å². The SMILES string of the molecule is CN(CCO)SNc1ccc(F)c(Oc2ccc3ncn(C4CC5(CCN(C6CCC(c7cc8c(cc7F)c(NCCCN)nn8C)CC6F)CC5)C4)c(=O)c3c2)c1C#N. The van der Waals surface area contributed by atoms with Crippen LogP contribution in [-0.4, -0.2) is 92.2 Å². The van der Waals surface area contributed by atoms with Crippen LogP contribution in [0.25, 0.3) is 21.8 Å². The maximum absolute atomic E-state index is 16.0. The maximum atomic E-state index is 16.0. The van der Waals surface area contributed by atoms with Crippen molar-refractivity contribution in [2.24, 2.45) is 18.2 Å². The molecule has 8 rings (SSSR count). The first kappa shape index (κ1) is 41.9. The Labute approximate surface area is 350 Å². The number of aliphatic hydroxyl groups is 1. The molecule has 5 N–H and O–H groups in total. The number of hydrogen-bond donors (Lipinski definition) is 4. The Kier molecular flexibility index (Phi) is 12.3. The molecule has 318 valence electrons. The molecule has 3 aromatic carbocycles. The van der Waals surface area contributed by atoms with Gasteiger partial charge in [0.15, 0.2) is 17.4 Å². The number of likely N-dealkylation sites (N-methyl/N-ethyl adjacent to an activating group) is 1. The van der Waals surface area contributed by atoms with Gasteiger partial charge >= 0.3 is 0 Å². The number of piperidine rings is 1. The van der Waals surface area contributed by atoms with Gasteiger partial charge in [0.05, 0.1) is 35.0 Å². The van der Waals surface area contributed by atoms with Crippen molar-refractivity contribution < 1.29 is 23.0 Å². The van der Waals surface area contributed by atoms with Crippen LogP contribution in [0.1, 0.15) is 74.5 Å². The lowest BCUT2D eigenvalue weighted by atomic mass is 9.60. The lowest BCUT2D eigenvalue weighted by Crippen LogP contribution is -2.54. The quantitative estimate of drug-likeness (QED) is 0.0672. The van der Waals surface area contributed by atoms with E-state index in [0.717, 1.165) is 62.8 Å². The second kappa shape index (κ2) is 17.6. The summed E-state index contributed by atoms with van der Waals surface area (Å²) >= 11 is 1.15. The van der Waals surface area contributed by atoms with Gasteiger partial charge in [-0.1, -0.05) is 0 Å². The number of alkyl halides is 1. The smallest absolute Gasteiger partial charge is 0.261 e. The molecule has 3 atom stereocenters. The average molecular weight is 845 g/mol. The first-order chi connectivity index (χ1) is 29.0. The molecular formula is C43H51F3N10O3S. The zero-order valence-corrected chi connectivity index (χ0v) is 34.7. The molecule has 3 unspecified atom stereocenters. The Morgan fingerprint density at radius 2 is 1.92 bits per heavy atom. The van der Waals surface area contributed by atoms with Gasteiger partial charge < -0.3 is 25.6 Å². The van der Waals surface area contributed by atoms with Crippen molar-refractivity contribution in [2.75, 3.05) is 56.4 Å². The summed E-state index contributed by atoms with van der Waals surface area (Å²) in [5.41, 5.74) is 7.61. The second-order valence-electron chi connectivity index (χ2n) is 16.5. The number of benzene rings is 3. The van der Waals surface area contributed by atoms with E-state index in [-0.39, 0.29) is 64.9 Å². The summed E-state index contributed by atoms with van der Waals surface area (Å²) in [6.45, 7) is 3.08. The Morgan fingerprint density at radius 3 is 2.65 bits per heavy atom. The van der Waals surface area contributed by atoms with Crippen LogP contribution in [0.2, 0.25) is 0 Å². The number of fused-ring (bicyclic) bond motifs is 2. The summed E-state index contributed by atoms with van der Waals surface area (Å²) in [7, 11) is 3.60. The van der Waals surface area contributed by atoms with E-state index < -0.39 is 12.0 Å². The van der Waals surface area contributed by atoms with Gasteiger partial charge in [0, 0.05) is 49.7 Å². The minimum absolute atomic E-state index is 0.0359. The Hall–Kier alpha value is -4.86. The molecule has 3 heterocycles. The van der Waals surface area contributed by atoms with Crippen LogP contribution in [0.4, 0.5) is 24.7 Å². The van der Waals surface area contributed by atoms with Gasteiger partial charge in [-0.3, -0.25) is 18.9 Å². The number of likely N-dealkylation sites (tertiary alicyclic amines) is 1. The van der Waals surface area contributed by atoms with E-state index in [1.807, 2.05) is 19.2 Å². The van der Waals surface area contributed by atoms with E-state index in [2.05, 4.69) is 25.0 Å². The highest BCUT2D eigenvalue weighted by Gasteiger charge is 2.48. The highest BCUT2D eigenvalue weighted by atomic mass is 32.2. The van der Waals surface area contributed by atoms with Crippen LogP contribution >= 0.6 is 12.1 Å². The third-order valence-electron chi connectivity index (χ3n) is 12.8. The zero-order chi connectivity index (χ0) is 42.1. The van der Waals surface area contributed by atoms with Crippen LogP contribution in [0.15, 0.2) is 53.6 Å². The molecule has 13 nitrogen and oxygen atoms in total. The van der Waals surface area contributed by atoms with Crippen LogP contribution in [0, 0.1) is 28.4 Å². The van der Waals surface area contributed by atoms with Crippen LogP contribution in [0.3, 0.4) is 0 Å². The van der Waals surface area contributed by atoms with E-state index in [1.165, 1.54) is 24.3 Å². The van der Waals surface area contributed by atoms with E-state index in [1.54, 1.807) is 39.1 Å². The number of nitriles is 1. The molecule has 1 spiro atoms. The number of ether oxygens (including phenoxy) is 1. The number of nitrogens with zero attached hydrogens (tertiary/aromatic N) is 7. The first-order valence-corrected chi connectivity index (χ1v) is 21.4. The maximum Gasteiger partial charge on any atom is 0.261 e. The second-order valence-corrected chi connectivity index (χ2v) is 17.6. The van der Waals surface area contributed by atoms with Crippen LogP contribution < -0.4 is 26.1 Å². The van der Waals surface area contributed by atoms with E-state index in [4.69, 9.17) is 10.5 Å². The normalized spacial score (nSPS) is 20.8. The minimum atomic E-state index is -1.06. The molecule has 5 aromatic rings. The molecule has 0 radical (unpaired) electrons. The van der Waals surface area contributed by atoms with Crippen LogP contribution in [0.5, 0.6) is 11.5 Å². The average Bonchev–Trinajstić information content (AvgIpc) is 3.53. The Morgan fingerprint density at radius 1 is 1.12 bits per heavy atom. The molecule has 0 bridgehead atoms. The molecule has 2 aromatic heterocycles. The molecule has 17 heteroatoms. The molecule has 1 aliphatic heterocycles. The number of aryl methyl sites for hydroxylation is 1. The van der Waals surface area contributed by atoms with Gasteiger partial charge in [-0.15, -0.1) is 0 Å². The predicted octanol–water partition coefficient (Wildman–Crippen LogP) is 6.98. The highest BCUT2D eigenvalue weighted by molar-refractivity contribution is 7.98. The minimum Gasteiger partial charge on any atom is -0.453 e. The summed E-state index contributed by atoms with van der Waals surface area (Å²) < 4.78 is 60.7.